The Labute approximate surface area is 188 Å². The molecule has 160 valence electrons. The Morgan fingerprint density at radius 1 is 0.968 bits per heavy atom. The van der Waals surface area contributed by atoms with Crippen LogP contribution >= 0.6 is 11.8 Å². The zero-order valence-corrected chi connectivity index (χ0v) is 18.7. The Bertz CT molecular complexity index is 1000. The Hall–Kier alpha value is -2.76. The maximum atomic E-state index is 12.8. The molecule has 1 aliphatic rings. The van der Waals surface area contributed by atoms with Crippen molar-refractivity contribution >= 4 is 23.4 Å². The Morgan fingerprint density at radius 2 is 1.71 bits per heavy atom. The number of para-hydroxylation sites is 1. The average Bonchev–Trinajstić information content (AvgIpc) is 2.82. The van der Waals surface area contributed by atoms with Crippen molar-refractivity contribution in [2.45, 2.75) is 20.1 Å². The van der Waals surface area contributed by atoms with Gasteiger partial charge in [0.05, 0.1) is 0 Å². The molecule has 0 aromatic heterocycles. The van der Waals surface area contributed by atoms with Gasteiger partial charge in [0.1, 0.15) is 12.4 Å². The molecular formula is C26H28N2O2S. The van der Waals surface area contributed by atoms with Crippen LogP contribution in [0.15, 0.2) is 72.8 Å². The fraction of sp³-hybridized carbons (Fsp3) is 0.269. The second-order valence-electron chi connectivity index (χ2n) is 7.73. The zero-order chi connectivity index (χ0) is 21.5. The number of rotatable bonds is 7. The number of nitrogens with one attached hydrogen (secondary N) is 1. The van der Waals surface area contributed by atoms with Crippen LogP contribution in [0.5, 0.6) is 5.75 Å². The minimum absolute atomic E-state index is 0.0925. The van der Waals surface area contributed by atoms with Crippen molar-refractivity contribution in [2.24, 2.45) is 0 Å². The minimum Gasteiger partial charge on any atom is -0.489 e. The van der Waals surface area contributed by atoms with E-state index >= 15 is 0 Å². The van der Waals surface area contributed by atoms with Crippen LogP contribution in [0.25, 0.3) is 0 Å². The molecule has 31 heavy (non-hydrogen) atoms. The van der Waals surface area contributed by atoms with Crippen molar-refractivity contribution in [3.63, 3.8) is 0 Å². The number of carbonyl (C=O) groups excluding carboxylic acids is 1. The molecule has 0 bridgehead atoms. The van der Waals surface area contributed by atoms with E-state index in [4.69, 9.17) is 4.74 Å². The van der Waals surface area contributed by atoms with Crippen molar-refractivity contribution in [1.29, 1.82) is 0 Å². The summed E-state index contributed by atoms with van der Waals surface area (Å²) in [6.07, 6.45) is 0. The highest BCUT2D eigenvalue weighted by Crippen LogP contribution is 2.23. The van der Waals surface area contributed by atoms with Crippen molar-refractivity contribution in [2.75, 3.05) is 29.9 Å². The first-order valence-electron chi connectivity index (χ1n) is 10.7. The molecule has 0 saturated carbocycles. The first-order chi connectivity index (χ1) is 15.2. The topological polar surface area (TPSA) is 41.6 Å². The molecular weight excluding hydrogens is 404 g/mol. The lowest BCUT2D eigenvalue weighted by Gasteiger charge is -2.27. The molecule has 0 spiro atoms. The number of hydrogen-bond acceptors (Lipinski definition) is 4. The predicted molar refractivity (Wildman–Crippen MR) is 129 cm³/mol. The van der Waals surface area contributed by atoms with Gasteiger partial charge in [0, 0.05) is 42.4 Å². The van der Waals surface area contributed by atoms with E-state index in [2.05, 4.69) is 23.2 Å². The number of nitrogens with zero attached hydrogens (tertiary/aromatic N) is 1. The van der Waals surface area contributed by atoms with Gasteiger partial charge in [-0.25, -0.2) is 0 Å². The fourth-order valence-corrected chi connectivity index (χ4v) is 4.60. The third kappa shape index (κ3) is 5.90. The molecule has 3 aromatic carbocycles. The summed E-state index contributed by atoms with van der Waals surface area (Å²) in [6, 6.07) is 23.5. The zero-order valence-electron chi connectivity index (χ0n) is 17.8. The summed E-state index contributed by atoms with van der Waals surface area (Å²) in [5.41, 5.74) is 4.96. The van der Waals surface area contributed by atoms with Gasteiger partial charge in [-0.2, -0.15) is 11.8 Å². The van der Waals surface area contributed by atoms with Gasteiger partial charge in [0.15, 0.2) is 0 Å². The summed E-state index contributed by atoms with van der Waals surface area (Å²) in [7, 11) is 0. The second-order valence-corrected chi connectivity index (χ2v) is 8.96. The Morgan fingerprint density at radius 3 is 2.45 bits per heavy atom. The van der Waals surface area contributed by atoms with Crippen LogP contribution in [0.3, 0.4) is 0 Å². The highest BCUT2D eigenvalue weighted by atomic mass is 32.2. The quantitative estimate of drug-likeness (QED) is 0.545. The lowest BCUT2D eigenvalue weighted by atomic mass is 10.1. The monoisotopic (exact) mass is 432 g/mol. The van der Waals surface area contributed by atoms with Crippen molar-refractivity contribution in [3.05, 3.63) is 95.1 Å². The van der Waals surface area contributed by atoms with E-state index in [-0.39, 0.29) is 5.91 Å². The Balaban J connectivity index is 1.37. The van der Waals surface area contributed by atoms with Crippen LogP contribution in [-0.4, -0.2) is 35.4 Å². The van der Waals surface area contributed by atoms with Crippen molar-refractivity contribution in [1.82, 2.24) is 4.90 Å². The third-order valence-electron chi connectivity index (χ3n) is 5.56. The van der Waals surface area contributed by atoms with Gasteiger partial charge in [-0.1, -0.05) is 42.5 Å². The summed E-state index contributed by atoms with van der Waals surface area (Å²) in [5, 5.41) is 3.09. The summed E-state index contributed by atoms with van der Waals surface area (Å²) in [5.74, 6) is 3.14. The first kappa shape index (κ1) is 21.5. The minimum atomic E-state index is -0.0925. The number of hydrogen-bond donors (Lipinski definition) is 1. The molecule has 1 aliphatic heterocycles. The standard InChI is InChI=1S/C26H28N2O2S/c1-20-23(18-28-14-16-31-17-15-28)6-5-9-25(20)27-26(29)22-12-10-21(11-13-22)19-30-24-7-3-2-4-8-24/h2-13H,14-19H2,1H3,(H,27,29). The van der Waals surface area contributed by atoms with Gasteiger partial charge in [-0.3, -0.25) is 9.69 Å². The van der Waals surface area contributed by atoms with Crippen LogP contribution in [0, 0.1) is 6.92 Å². The maximum Gasteiger partial charge on any atom is 0.255 e. The van der Waals surface area contributed by atoms with E-state index in [0.29, 0.717) is 12.2 Å². The largest absolute Gasteiger partial charge is 0.489 e. The summed E-state index contributed by atoms with van der Waals surface area (Å²) in [6.45, 7) is 5.75. The van der Waals surface area contributed by atoms with E-state index in [9.17, 15) is 4.79 Å². The number of thioether (sulfide) groups is 1. The summed E-state index contributed by atoms with van der Waals surface area (Å²) >= 11 is 2.02. The second kappa shape index (κ2) is 10.5. The van der Waals surface area contributed by atoms with Gasteiger partial charge in [-0.15, -0.1) is 0 Å². The van der Waals surface area contributed by atoms with Crippen LogP contribution in [0.2, 0.25) is 0 Å². The molecule has 1 saturated heterocycles. The number of benzene rings is 3. The normalized spacial score (nSPS) is 14.2. The molecule has 1 fully saturated rings. The number of carbonyl (C=O) groups is 1. The molecule has 0 aliphatic carbocycles. The van der Waals surface area contributed by atoms with Crippen LogP contribution in [0.1, 0.15) is 27.0 Å². The molecule has 1 heterocycles. The van der Waals surface area contributed by atoms with Gasteiger partial charge in [0.2, 0.25) is 0 Å². The highest BCUT2D eigenvalue weighted by Gasteiger charge is 2.14. The van der Waals surface area contributed by atoms with E-state index in [1.807, 2.05) is 78.5 Å². The molecule has 0 unspecified atom stereocenters. The molecule has 0 radical (unpaired) electrons. The molecule has 4 rings (SSSR count). The fourth-order valence-electron chi connectivity index (χ4n) is 3.62. The SMILES string of the molecule is Cc1c(CN2CCSCC2)cccc1NC(=O)c1ccc(COc2ccccc2)cc1. The van der Waals surface area contributed by atoms with Crippen LogP contribution < -0.4 is 10.1 Å². The molecule has 1 N–H and O–H groups in total. The van der Waals surface area contributed by atoms with E-state index in [0.717, 1.165) is 42.2 Å². The van der Waals surface area contributed by atoms with Crippen molar-refractivity contribution in [3.8, 4) is 5.75 Å². The van der Waals surface area contributed by atoms with E-state index < -0.39 is 0 Å². The van der Waals surface area contributed by atoms with Crippen LogP contribution in [0.4, 0.5) is 5.69 Å². The Kier molecular flexibility index (Phi) is 7.28. The van der Waals surface area contributed by atoms with E-state index in [1.165, 1.54) is 17.1 Å². The number of ether oxygens (including phenoxy) is 1. The van der Waals surface area contributed by atoms with Gasteiger partial charge >= 0.3 is 0 Å². The summed E-state index contributed by atoms with van der Waals surface area (Å²) in [4.78, 5) is 15.3. The predicted octanol–water partition coefficient (Wildman–Crippen LogP) is 5.38. The third-order valence-corrected chi connectivity index (χ3v) is 6.50. The van der Waals surface area contributed by atoms with Crippen molar-refractivity contribution < 1.29 is 9.53 Å². The molecule has 3 aromatic rings. The highest BCUT2D eigenvalue weighted by molar-refractivity contribution is 7.99. The lowest BCUT2D eigenvalue weighted by molar-refractivity contribution is 0.102. The van der Waals surface area contributed by atoms with E-state index in [1.54, 1.807) is 0 Å². The molecule has 5 heteroatoms. The molecule has 4 nitrogen and oxygen atoms in total. The summed E-state index contributed by atoms with van der Waals surface area (Å²) < 4.78 is 5.77. The lowest BCUT2D eigenvalue weighted by Crippen LogP contribution is -2.32. The average molecular weight is 433 g/mol. The molecule has 1 amide bonds. The van der Waals surface area contributed by atoms with Gasteiger partial charge < -0.3 is 10.1 Å². The van der Waals surface area contributed by atoms with Gasteiger partial charge in [0.25, 0.3) is 5.91 Å². The number of anilines is 1. The maximum absolute atomic E-state index is 12.8. The van der Waals surface area contributed by atoms with Crippen LogP contribution in [-0.2, 0) is 13.2 Å². The molecule has 0 atom stereocenters. The van der Waals surface area contributed by atoms with Gasteiger partial charge in [-0.05, 0) is 53.9 Å². The first-order valence-corrected chi connectivity index (χ1v) is 11.8. The smallest absolute Gasteiger partial charge is 0.255 e. The number of amides is 1.